The molecule has 0 amide bonds. The SMILES string of the molecule is COc1cc(F)c(C(=O)C2CCC(C)CC2)c(F)c1. The van der Waals surface area contributed by atoms with Gasteiger partial charge in [0.05, 0.1) is 12.7 Å². The van der Waals surface area contributed by atoms with Gasteiger partial charge in [-0.3, -0.25) is 4.79 Å². The van der Waals surface area contributed by atoms with Crippen molar-refractivity contribution in [3.05, 3.63) is 29.3 Å². The molecule has 0 N–H and O–H groups in total. The van der Waals surface area contributed by atoms with Crippen molar-refractivity contribution in [3.63, 3.8) is 0 Å². The second-order valence-electron chi connectivity index (χ2n) is 5.29. The summed E-state index contributed by atoms with van der Waals surface area (Å²) < 4.78 is 32.5. The number of rotatable bonds is 3. The number of benzene rings is 1. The summed E-state index contributed by atoms with van der Waals surface area (Å²) in [5.41, 5.74) is -0.416. The minimum Gasteiger partial charge on any atom is -0.497 e. The third-order valence-corrected chi connectivity index (χ3v) is 3.88. The van der Waals surface area contributed by atoms with Crippen molar-refractivity contribution in [2.24, 2.45) is 11.8 Å². The van der Waals surface area contributed by atoms with Crippen LogP contribution in [0.15, 0.2) is 12.1 Å². The molecule has 0 atom stereocenters. The third-order valence-electron chi connectivity index (χ3n) is 3.88. The largest absolute Gasteiger partial charge is 0.497 e. The highest BCUT2D eigenvalue weighted by molar-refractivity contribution is 5.98. The Morgan fingerprint density at radius 2 is 1.68 bits per heavy atom. The summed E-state index contributed by atoms with van der Waals surface area (Å²) in [5.74, 6) is -1.66. The Morgan fingerprint density at radius 3 is 2.16 bits per heavy atom. The van der Waals surface area contributed by atoms with Crippen LogP contribution in [-0.4, -0.2) is 12.9 Å². The Morgan fingerprint density at radius 1 is 1.16 bits per heavy atom. The first-order chi connectivity index (χ1) is 9.02. The molecule has 0 heterocycles. The monoisotopic (exact) mass is 268 g/mol. The van der Waals surface area contributed by atoms with Gasteiger partial charge in [-0.15, -0.1) is 0 Å². The van der Waals surface area contributed by atoms with E-state index < -0.39 is 23.0 Å². The van der Waals surface area contributed by atoms with Crippen molar-refractivity contribution in [2.75, 3.05) is 7.11 Å². The van der Waals surface area contributed by atoms with Gasteiger partial charge in [-0.05, 0) is 18.8 Å². The first-order valence-electron chi connectivity index (χ1n) is 6.60. The maximum Gasteiger partial charge on any atom is 0.171 e. The van der Waals surface area contributed by atoms with Gasteiger partial charge in [0.1, 0.15) is 17.4 Å². The fourth-order valence-electron chi connectivity index (χ4n) is 2.63. The summed E-state index contributed by atoms with van der Waals surface area (Å²) in [5, 5.41) is 0. The van der Waals surface area contributed by atoms with E-state index in [9.17, 15) is 13.6 Å². The Kier molecular flexibility index (Phi) is 4.17. The predicted octanol–water partition coefficient (Wildman–Crippen LogP) is 3.98. The minimum absolute atomic E-state index is 0.0869. The Balaban J connectivity index is 2.24. The van der Waals surface area contributed by atoms with Gasteiger partial charge in [-0.25, -0.2) is 8.78 Å². The van der Waals surface area contributed by atoms with Crippen molar-refractivity contribution in [1.29, 1.82) is 0 Å². The van der Waals surface area contributed by atoms with Crippen LogP contribution in [0.1, 0.15) is 43.0 Å². The molecule has 2 nitrogen and oxygen atoms in total. The molecule has 0 aliphatic heterocycles. The van der Waals surface area contributed by atoms with Gasteiger partial charge >= 0.3 is 0 Å². The predicted molar refractivity (Wildman–Crippen MR) is 68.4 cm³/mol. The topological polar surface area (TPSA) is 26.3 Å². The van der Waals surface area contributed by atoms with Gasteiger partial charge in [0.25, 0.3) is 0 Å². The number of halogens is 2. The van der Waals surface area contributed by atoms with Gasteiger partial charge in [0, 0.05) is 18.1 Å². The second-order valence-corrected chi connectivity index (χ2v) is 5.29. The van der Waals surface area contributed by atoms with Crippen LogP contribution in [-0.2, 0) is 0 Å². The first-order valence-corrected chi connectivity index (χ1v) is 6.60. The molecule has 2 rings (SSSR count). The summed E-state index contributed by atoms with van der Waals surface area (Å²) in [6, 6.07) is 2.11. The van der Waals surface area contributed by atoms with Crippen molar-refractivity contribution >= 4 is 5.78 Å². The lowest BCUT2D eigenvalue weighted by molar-refractivity contribution is 0.0866. The number of Topliss-reactive ketones (excluding diaryl/α,β-unsaturated/α-hetero) is 1. The Bertz CT molecular complexity index is 454. The van der Waals surface area contributed by atoms with E-state index in [2.05, 4.69) is 6.92 Å². The summed E-state index contributed by atoms with van der Waals surface area (Å²) in [4.78, 5) is 12.2. The van der Waals surface area contributed by atoms with Gasteiger partial charge in [-0.2, -0.15) is 0 Å². The van der Waals surface area contributed by atoms with Crippen LogP contribution in [0.5, 0.6) is 5.75 Å². The molecular weight excluding hydrogens is 250 g/mol. The molecule has 0 spiro atoms. The molecule has 104 valence electrons. The zero-order valence-corrected chi connectivity index (χ0v) is 11.2. The smallest absolute Gasteiger partial charge is 0.171 e. The number of ether oxygens (including phenoxy) is 1. The van der Waals surface area contributed by atoms with E-state index in [4.69, 9.17) is 4.74 Å². The number of carbonyl (C=O) groups is 1. The Labute approximate surface area is 111 Å². The van der Waals surface area contributed by atoms with E-state index in [0.29, 0.717) is 18.8 Å². The summed E-state index contributed by atoms with van der Waals surface area (Å²) in [7, 11) is 1.33. The molecule has 0 aromatic heterocycles. The molecule has 1 aliphatic carbocycles. The minimum atomic E-state index is -0.833. The molecule has 4 heteroatoms. The van der Waals surface area contributed by atoms with Crippen LogP contribution in [0.25, 0.3) is 0 Å². The van der Waals surface area contributed by atoms with Gasteiger partial charge in [0.15, 0.2) is 5.78 Å². The number of hydrogen-bond acceptors (Lipinski definition) is 2. The fourth-order valence-corrected chi connectivity index (χ4v) is 2.63. The van der Waals surface area contributed by atoms with Crippen LogP contribution in [0.4, 0.5) is 8.78 Å². The quantitative estimate of drug-likeness (QED) is 0.775. The lowest BCUT2D eigenvalue weighted by Gasteiger charge is -2.25. The molecule has 0 unspecified atom stereocenters. The van der Waals surface area contributed by atoms with Crippen molar-refractivity contribution in [3.8, 4) is 5.75 Å². The highest BCUT2D eigenvalue weighted by Crippen LogP contribution is 2.32. The van der Waals surface area contributed by atoms with E-state index in [1.165, 1.54) is 7.11 Å². The normalized spacial score (nSPS) is 23.2. The average molecular weight is 268 g/mol. The molecule has 1 saturated carbocycles. The van der Waals surface area contributed by atoms with E-state index >= 15 is 0 Å². The maximum absolute atomic E-state index is 13.8. The lowest BCUT2D eigenvalue weighted by Crippen LogP contribution is -2.22. The third kappa shape index (κ3) is 2.94. The highest BCUT2D eigenvalue weighted by atomic mass is 19.1. The summed E-state index contributed by atoms with van der Waals surface area (Å²) >= 11 is 0. The van der Waals surface area contributed by atoms with E-state index in [1.807, 2.05) is 0 Å². The van der Waals surface area contributed by atoms with Gasteiger partial charge < -0.3 is 4.74 Å². The van der Waals surface area contributed by atoms with Crippen LogP contribution in [0.2, 0.25) is 0 Å². The zero-order chi connectivity index (χ0) is 14.0. The Hall–Kier alpha value is -1.45. The number of methoxy groups -OCH3 is 1. The van der Waals surface area contributed by atoms with Gasteiger partial charge in [-0.1, -0.05) is 19.8 Å². The number of ketones is 1. The molecule has 19 heavy (non-hydrogen) atoms. The van der Waals surface area contributed by atoms with Crippen molar-refractivity contribution < 1.29 is 18.3 Å². The van der Waals surface area contributed by atoms with Crippen LogP contribution >= 0.6 is 0 Å². The fraction of sp³-hybridized carbons (Fsp3) is 0.533. The zero-order valence-electron chi connectivity index (χ0n) is 11.2. The molecule has 0 bridgehead atoms. The van der Waals surface area contributed by atoms with Crippen LogP contribution in [0, 0.1) is 23.5 Å². The van der Waals surface area contributed by atoms with Crippen LogP contribution < -0.4 is 4.74 Å². The van der Waals surface area contributed by atoms with Gasteiger partial charge in [0.2, 0.25) is 0 Å². The lowest BCUT2D eigenvalue weighted by atomic mass is 9.79. The summed E-state index contributed by atoms with van der Waals surface area (Å²) in [6.07, 6.45) is 3.31. The molecule has 0 saturated heterocycles. The van der Waals surface area contributed by atoms with E-state index in [0.717, 1.165) is 25.0 Å². The average Bonchev–Trinajstić information content (AvgIpc) is 2.38. The molecule has 1 aromatic carbocycles. The molecule has 1 fully saturated rings. The van der Waals surface area contributed by atoms with Crippen molar-refractivity contribution in [1.82, 2.24) is 0 Å². The maximum atomic E-state index is 13.8. The van der Waals surface area contributed by atoms with E-state index in [-0.39, 0.29) is 11.7 Å². The van der Waals surface area contributed by atoms with Crippen molar-refractivity contribution in [2.45, 2.75) is 32.6 Å². The van der Waals surface area contributed by atoms with Crippen LogP contribution in [0.3, 0.4) is 0 Å². The summed E-state index contributed by atoms with van der Waals surface area (Å²) in [6.45, 7) is 2.13. The second kappa shape index (κ2) is 5.68. The standard InChI is InChI=1S/C15H18F2O2/c1-9-3-5-10(6-4-9)15(18)14-12(16)7-11(19-2)8-13(14)17/h7-10H,3-6H2,1-2H3. The molecule has 1 aliphatic rings. The molecule has 0 radical (unpaired) electrons. The first kappa shape index (κ1) is 14.0. The number of carbonyl (C=O) groups excluding carboxylic acids is 1. The molecular formula is C15H18F2O2. The molecule has 1 aromatic rings. The number of hydrogen-bond donors (Lipinski definition) is 0. The van der Waals surface area contributed by atoms with E-state index in [1.54, 1.807) is 0 Å². The highest BCUT2D eigenvalue weighted by Gasteiger charge is 2.29.